The number of carboxylic acid groups (broad SMARTS) is 1. The van der Waals surface area contributed by atoms with Crippen LogP contribution in [0.4, 0.5) is 0 Å². The van der Waals surface area contributed by atoms with Gasteiger partial charge in [-0.15, -0.1) is 11.6 Å². The zero-order chi connectivity index (χ0) is 9.94. The predicted octanol–water partition coefficient (Wildman–Crippen LogP) is 3.21. The Morgan fingerprint density at radius 1 is 1.15 bits per heavy atom. The number of hydrogen-bond acceptors (Lipinski definition) is 1. The van der Waals surface area contributed by atoms with E-state index in [1.54, 1.807) is 0 Å². The molecule has 0 saturated carbocycles. The molecule has 0 amide bonds. The van der Waals surface area contributed by atoms with Crippen LogP contribution in [-0.2, 0) is 4.79 Å². The van der Waals surface area contributed by atoms with Crippen molar-refractivity contribution >= 4 is 17.6 Å². The molecule has 0 unspecified atom stereocenters. The Labute approximate surface area is 84.6 Å². The molecule has 0 saturated heterocycles. The van der Waals surface area contributed by atoms with Crippen LogP contribution in [0.5, 0.6) is 0 Å². The summed E-state index contributed by atoms with van der Waals surface area (Å²) in [5.74, 6) is -0.0205. The van der Waals surface area contributed by atoms with Crippen molar-refractivity contribution in [2.24, 2.45) is 0 Å². The normalized spacial score (nSPS) is 10.8. The Kier molecular flexibility index (Phi) is 9.22. The maximum atomic E-state index is 10.1. The number of halogens is 1. The molecule has 76 valence electrons. The largest absolute Gasteiger partial charge is 0.481 e. The Morgan fingerprint density at radius 2 is 1.85 bits per heavy atom. The smallest absolute Gasteiger partial charge is 0.303 e. The minimum Gasteiger partial charge on any atom is -0.481 e. The van der Waals surface area contributed by atoms with Gasteiger partial charge >= 0.3 is 5.97 Å². The van der Waals surface area contributed by atoms with Crippen molar-refractivity contribution in [1.82, 2.24) is 0 Å². The molecule has 0 spiro atoms. The highest BCUT2D eigenvalue weighted by molar-refractivity contribution is 6.17. The Bertz CT molecular complexity index is 155. The summed E-state index contributed by atoms with van der Waals surface area (Å²) in [6.07, 6.45) is 9.31. The van der Waals surface area contributed by atoms with E-state index in [-0.39, 0.29) is 0 Å². The highest BCUT2D eigenvalue weighted by Crippen LogP contribution is 2.03. The molecule has 1 N–H and O–H groups in total. The third-order valence-electron chi connectivity index (χ3n) is 1.70. The number of aliphatic carboxylic acids is 1. The molecule has 0 aromatic rings. The molecule has 0 aliphatic rings. The van der Waals surface area contributed by atoms with Gasteiger partial charge in [-0.3, -0.25) is 4.79 Å². The molecule has 0 radical (unpaired) electrons. The fraction of sp³-hybridized carbons (Fsp3) is 0.700. The van der Waals surface area contributed by atoms with E-state index in [1.165, 1.54) is 0 Å². The number of allylic oxidation sites excluding steroid dienone is 2. The lowest BCUT2D eigenvalue weighted by Gasteiger charge is -1.94. The number of alkyl halides is 1. The van der Waals surface area contributed by atoms with Gasteiger partial charge in [0.2, 0.25) is 0 Å². The molecule has 0 atom stereocenters. The molecule has 0 bridgehead atoms. The number of carboxylic acids is 1. The predicted molar refractivity (Wildman–Crippen MR) is 55.2 cm³/mol. The maximum absolute atomic E-state index is 10.1. The van der Waals surface area contributed by atoms with Crippen LogP contribution in [-0.4, -0.2) is 17.0 Å². The van der Waals surface area contributed by atoms with E-state index >= 15 is 0 Å². The molecule has 0 aromatic carbocycles. The molecular weight excluding hydrogens is 188 g/mol. The van der Waals surface area contributed by atoms with Crippen molar-refractivity contribution in [3.8, 4) is 0 Å². The van der Waals surface area contributed by atoms with Gasteiger partial charge in [-0.05, 0) is 25.7 Å². The topological polar surface area (TPSA) is 37.3 Å². The minimum absolute atomic E-state index is 0.297. The van der Waals surface area contributed by atoms with Crippen LogP contribution in [0.15, 0.2) is 12.2 Å². The summed E-state index contributed by atoms with van der Waals surface area (Å²) in [5, 5.41) is 8.36. The molecule has 0 aliphatic carbocycles. The van der Waals surface area contributed by atoms with Crippen LogP contribution in [0.25, 0.3) is 0 Å². The van der Waals surface area contributed by atoms with Crippen LogP contribution in [0.3, 0.4) is 0 Å². The van der Waals surface area contributed by atoms with Crippen molar-refractivity contribution in [1.29, 1.82) is 0 Å². The highest BCUT2D eigenvalue weighted by Gasteiger charge is 1.94. The van der Waals surface area contributed by atoms with Crippen LogP contribution in [0.1, 0.15) is 38.5 Å². The number of unbranched alkanes of at least 4 members (excludes halogenated alkanes) is 3. The molecule has 0 heterocycles. The third-order valence-corrected chi connectivity index (χ3v) is 1.92. The summed E-state index contributed by atoms with van der Waals surface area (Å²) in [6.45, 7) is 0. The maximum Gasteiger partial charge on any atom is 0.303 e. The lowest BCUT2D eigenvalue weighted by atomic mass is 10.1. The summed E-state index contributed by atoms with van der Waals surface area (Å²) >= 11 is 5.48. The second-order valence-electron chi connectivity index (χ2n) is 2.94. The first-order valence-electron chi connectivity index (χ1n) is 4.70. The van der Waals surface area contributed by atoms with Crippen LogP contribution >= 0.6 is 11.6 Å². The SMILES string of the molecule is O=C(O)CCCCC/C=C\CCCl. The van der Waals surface area contributed by atoms with Gasteiger partial charge in [0.05, 0.1) is 0 Å². The van der Waals surface area contributed by atoms with E-state index in [1.807, 2.05) is 0 Å². The first-order chi connectivity index (χ1) is 6.27. The van der Waals surface area contributed by atoms with E-state index < -0.39 is 5.97 Å². The van der Waals surface area contributed by atoms with Crippen LogP contribution in [0, 0.1) is 0 Å². The molecule has 13 heavy (non-hydrogen) atoms. The summed E-state index contributed by atoms with van der Waals surface area (Å²) in [4.78, 5) is 10.1. The zero-order valence-electron chi connectivity index (χ0n) is 7.84. The van der Waals surface area contributed by atoms with Crippen molar-refractivity contribution in [2.45, 2.75) is 38.5 Å². The van der Waals surface area contributed by atoms with E-state index in [0.717, 1.165) is 32.1 Å². The Balaban J connectivity index is 3.03. The lowest BCUT2D eigenvalue weighted by Crippen LogP contribution is -1.93. The van der Waals surface area contributed by atoms with Gasteiger partial charge in [0.15, 0.2) is 0 Å². The van der Waals surface area contributed by atoms with Gasteiger partial charge in [0.1, 0.15) is 0 Å². The van der Waals surface area contributed by atoms with E-state index in [2.05, 4.69) is 12.2 Å². The molecule has 0 aliphatic heterocycles. The average Bonchev–Trinajstić information content (AvgIpc) is 2.09. The molecule has 2 nitrogen and oxygen atoms in total. The van der Waals surface area contributed by atoms with Gasteiger partial charge in [-0.25, -0.2) is 0 Å². The van der Waals surface area contributed by atoms with E-state index in [9.17, 15) is 4.79 Å². The Morgan fingerprint density at radius 3 is 2.46 bits per heavy atom. The quantitative estimate of drug-likeness (QED) is 0.375. The first-order valence-corrected chi connectivity index (χ1v) is 5.23. The first kappa shape index (κ1) is 12.5. The Hall–Kier alpha value is -0.500. The van der Waals surface area contributed by atoms with Gasteiger partial charge in [-0.2, -0.15) is 0 Å². The molecular formula is C10H17ClO2. The van der Waals surface area contributed by atoms with Gasteiger partial charge in [0.25, 0.3) is 0 Å². The van der Waals surface area contributed by atoms with Crippen molar-refractivity contribution in [3.05, 3.63) is 12.2 Å². The molecule has 0 fully saturated rings. The molecule has 3 heteroatoms. The third kappa shape index (κ3) is 11.5. The second-order valence-corrected chi connectivity index (χ2v) is 3.32. The molecule has 0 aromatic heterocycles. The summed E-state index contributed by atoms with van der Waals surface area (Å²) in [7, 11) is 0. The van der Waals surface area contributed by atoms with Gasteiger partial charge < -0.3 is 5.11 Å². The van der Waals surface area contributed by atoms with Crippen LogP contribution in [0.2, 0.25) is 0 Å². The van der Waals surface area contributed by atoms with E-state index in [4.69, 9.17) is 16.7 Å². The minimum atomic E-state index is -0.697. The highest BCUT2D eigenvalue weighted by atomic mass is 35.5. The average molecular weight is 205 g/mol. The number of rotatable bonds is 8. The zero-order valence-corrected chi connectivity index (χ0v) is 8.59. The van der Waals surface area contributed by atoms with Gasteiger partial charge in [0, 0.05) is 12.3 Å². The fourth-order valence-corrected chi connectivity index (χ4v) is 1.14. The van der Waals surface area contributed by atoms with E-state index in [0.29, 0.717) is 12.3 Å². The number of carbonyl (C=O) groups is 1. The summed E-state index contributed by atoms with van der Waals surface area (Å²) in [6, 6.07) is 0. The number of hydrogen-bond donors (Lipinski definition) is 1. The monoisotopic (exact) mass is 204 g/mol. The summed E-state index contributed by atoms with van der Waals surface area (Å²) in [5.41, 5.74) is 0. The van der Waals surface area contributed by atoms with Crippen molar-refractivity contribution in [3.63, 3.8) is 0 Å². The van der Waals surface area contributed by atoms with Crippen molar-refractivity contribution in [2.75, 3.05) is 5.88 Å². The second kappa shape index (κ2) is 9.59. The fourth-order valence-electron chi connectivity index (χ4n) is 1.01. The van der Waals surface area contributed by atoms with Crippen molar-refractivity contribution < 1.29 is 9.90 Å². The van der Waals surface area contributed by atoms with Crippen LogP contribution < -0.4 is 0 Å². The van der Waals surface area contributed by atoms with Gasteiger partial charge in [-0.1, -0.05) is 18.6 Å². The lowest BCUT2D eigenvalue weighted by molar-refractivity contribution is -0.137. The molecule has 0 rings (SSSR count). The summed E-state index contributed by atoms with van der Waals surface area (Å²) < 4.78 is 0. The standard InChI is InChI=1S/C10H17ClO2/c11-9-7-5-3-1-2-4-6-8-10(12)13/h3,5H,1-2,4,6-9H2,(H,12,13)/b5-3-.